The van der Waals surface area contributed by atoms with Crippen molar-refractivity contribution in [1.82, 2.24) is 0 Å². The number of phenolic OH excluding ortho intramolecular Hbond substituents is 2. The lowest BCUT2D eigenvalue weighted by Crippen LogP contribution is -2.08. The minimum atomic E-state index is -0.786. The number of carboxylic acids is 1. The van der Waals surface area contributed by atoms with E-state index in [0.29, 0.717) is 5.57 Å². The van der Waals surface area contributed by atoms with Crippen molar-refractivity contribution >= 4 is 11.9 Å². The maximum atomic E-state index is 10.5. The van der Waals surface area contributed by atoms with E-state index < -0.39 is 11.9 Å². The van der Waals surface area contributed by atoms with E-state index in [4.69, 9.17) is 20.4 Å². The minimum Gasteiger partial charge on any atom is -0.504 e. The number of carbonyl (C=O) groups is 2. The molecule has 0 heterocycles. The number of aliphatic hydroxyl groups is 1. The van der Waals surface area contributed by atoms with E-state index in [1.807, 2.05) is 18.2 Å². The molecular weight excluding hydrogens is 352 g/mol. The van der Waals surface area contributed by atoms with Crippen molar-refractivity contribution in [3.8, 4) is 11.5 Å². The molecule has 2 aromatic rings. The van der Waals surface area contributed by atoms with Crippen LogP contribution in [0.4, 0.5) is 0 Å². The Morgan fingerprint density at radius 2 is 1.44 bits per heavy atom. The number of phenols is 2. The number of esters is 1. The van der Waals surface area contributed by atoms with Gasteiger partial charge in [0.1, 0.15) is 6.61 Å². The first kappa shape index (κ1) is 23.7. The van der Waals surface area contributed by atoms with Gasteiger partial charge in [0.15, 0.2) is 11.5 Å². The third kappa shape index (κ3) is 12.7. The average Bonchev–Trinajstić information content (AvgIpc) is 2.63. The SMILES string of the molecule is C=C(C)C(=O)OCCO.O=C(O)Cc1ccccc1.Oc1ccccc1O. The Morgan fingerprint density at radius 1 is 0.963 bits per heavy atom. The van der Waals surface area contributed by atoms with Gasteiger partial charge in [-0.15, -0.1) is 0 Å². The van der Waals surface area contributed by atoms with Crippen LogP contribution in [0.1, 0.15) is 12.5 Å². The lowest BCUT2D eigenvalue weighted by atomic mass is 10.2. The molecule has 0 unspecified atom stereocenters. The molecule has 0 amide bonds. The number of carboxylic acid groups (broad SMARTS) is 1. The Hall–Kier alpha value is -3.32. The summed E-state index contributed by atoms with van der Waals surface area (Å²) in [6, 6.07) is 15.3. The molecule has 2 aromatic carbocycles. The van der Waals surface area contributed by atoms with Gasteiger partial charge in [0.05, 0.1) is 13.0 Å². The molecule has 0 fully saturated rings. The molecule has 4 N–H and O–H groups in total. The third-order valence-electron chi connectivity index (χ3n) is 2.75. The van der Waals surface area contributed by atoms with Crippen LogP contribution in [0.3, 0.4) is 0 Å². The summed E-state index contributed by atoms with van der Waals surface area (Å²) in [5.74, 6) is -1.39. The lowest BCUT2D eigenvalue weighted by molar-refractivity contribution is -0.140. The van der Waals surface area contributed by atoms with E-state index in [9.17, 15) is 9.59 Å². The standard InChI is InChI=1S/C8H8O2.C6H10O3.C6H6O2/c9-8(10)6-7-4-2-1-3-5-7;1-5(2)6(8)9-4-3-7;7-5-3-1-2-4-6(5)8/h1-5H,6H2,(H,9,10);7H,1,3-4H2,2H3;1-4,7-8H. The van der Waals surface area contributed by atoms with Gasteiger partial charge in [-0.1, -0.05) is 49.0 Å². The van der Waals surface area contributed by atoms with Gasteiger partial charge in [-0.05, 0) is 24.6 Å². The Labute approximate surface area is 157 Å². The molecule has 0 aliphatic carbocycles. The number of ether oxygens (including phenoxy) is 1. The van der Waals surface area contributed by atoms with E-state index >= 15 is 0 Å². The lowest BCUT2D eigenvalue weighted by Gasteiger charge is -1.99. The highest BCUT2D eigenvalue weighted by molar-refractivity contribution is 5.86. The second kappa shape index (κ2) is 13.9. The summed E-state index contributed by atoms with van der Waals surface area (Å²) in [5.41, 5.74) is 1.19. The van der Waals surface area contributed by atoms with Gasteiger partial charge in [0, 0.05) is 5.57 Å². The molecule has 0 spiro atoms. The van der Waals surface area contributed by atoms with Crippen LogP contribution in [0.2, 0.25) is 0 Å². The molecule has 146 valence electrons. The Bertz CT molecular complexity index is 690. The summed E-state index contributed by atoms with van der Waals surface area (Å²) in [6.07, 6.45) is 0.112. The Morgan fingerprint density at radius 3 is 1.81 bits per heavy atom. The van der Waals surface area contributed by atoms with Crippen LogP contribution in [0.15, 0.2) is 66.7 Å². The zero-order chi connectivity index (χ0) is 20.7. The summed E-state index contributed by atoms with van der Waals surface area (Å²) in [7, 11) is 0. The molecule has 7 heteroatoms. The molecule has 0 bridgehead atoms. The van der Waals surface area contributed by atoms with Gasteiger partial charge in [0.2, 0.25) is 0 Å². The van der Waals surface area contributed by atoms with Gasteiger partial charge < -0.3 is 25.2 Å². The Kier molecular flexibility index (Phi) is 12.2. The monoisotopic (exact) mass is 376 g/mol. The predicted molar refractivity (Wildman–Crippen MR) is 100 cm³/mol. The van der Waals surface area contributed by atoms with Crippen LogP contribution in [-0.4, -0.2) is 45.6 Å². The first-order valence-corrected chi connectivity index (χ1v) is 7.94. The fourth-order valence-electron chi connectivity index (χ4n) is 1.50. The van der Waals surface area contributed by atoms with Crippen LogP contribution in [0.25, 0.3) is 0 Å². The highest BCUT2D eigenvalue weighted by Gasteiger charge is 2.00. The molecule has 0 saturated carbocycles. The summed E-state index contributed by atoms with van der Waals surface area (Å²) >= 11 is 0. The van der Waals surface area contributed by atoms with Crippen LogP contribution >= 0.6 is 0 Å². The van der Waals surface area contributed by atoms with Crippen LogP contribution in [-0.2, 0) is 20.7 Å². The number of para-hydroxylation sites is 2. The van der Waals surface area contributed by atoms with Crippen molar-refractivity contribution in [2.24, 2.45) is 0 Å². The smallest absolute Gasteiger partial charge is 0.333 e. The first-order chi connectivity index (χ1) is 12.8. The summed E-state index contributed by atoms with van der Waals surface area (Å²) < 4.78 is 4.46. The van der Waals surface area contributed by atoms with Gasteiger partial charge >= 0.3 is 11.9 Å². The van der Waals surface area contributed by atoms with Gasteiger partial charge in [-0.25, -0.2) is 4.79 Å². The maximum absolute atomic E-state index is 10.5. The quantitative estimate of drug-likeness (QED) is 0.359. The topological polar surface area (TPSA) is 124 Å². The molecule has 0 aliphatic rings. The predicted octanol–water partition coefficient (Wildman–Crippen LogP) is 2.51. The number of benzene rings is 2. The number of hydrogen-bond acceptors (Lipinski definition) is 6. The average molecular weight is 376 g/mol. The molecule has 0 aromatic heterocycles. The van der Waals surface area contributed by atoms with Crippen molar-refractivity contribution in [3.63, 3.8) is 0 Å². The molecule has 2 rings (SSSR count). The minimum absolute atomic E-state index is 0.0473. The van der Waals surface area contributed by atoms with Gasteiger partial charge in [0.25, 0.3) is 0 Å². The second-order valence-electron chi connectivity index (χ2n) is 5.18. The number of rotatable bonds is 5. The molecular formula is C20H24O7. The van der Waals surface area contributed by atoms with Crippen LogP contribution in [0.5, 0.6) is 11.5 Å². The summed E-state index contributed by atoms with van der Waals surface area (Å²) in [5, 5.41) is 33.9. The van der Waals surface area contributed by atoms with Crippen molar-refractivity contribution in [2.75, 3.05) is 13.2 Å². The van der Waals surface area contributed by atoms with E-state index in [2.05, 4.69) is 11.3 Å². The molecule has 0 atom stereocenters. The summed E-state index contributed by atoms with van der Waals surface area (Å²) in [4.78, 5) is 20.6. The van der Waals surface area contributed by atoms with Crippen molar-refractivity contribution in [1.29, 1.82) is 0 Å². The zero-order valence-electron chi connectivity index (χ0n) is 15.0. The van der Waals surface area contributed by atoms with Crippen molar-refractivity contribution < 1.29 is 34.8 Å². The molecule has 27 heavy (non-hydrogen) atoms. The highest BCUT2D eigenvalue weighted by atomic mass is 16.5. The second-order valence-corrected chi connectivity index (χ2v) is 5.18. The molecule has 0 saturated heterocycles. The van der Waals surface area contributed by atoms with E-state index in [0.717, 1.165) is 5.56 Å². The fraction of sp³-hybridized carbons (Fsp3) is 0.200. The van der Waals surface area contributed by atoms with Crippen LogP contribution in [0, 0.1) is 0 Å². The maximum Gasteiger partial charge on any atom is 0.333 e. The third-order valence-corrected chi connectivity index (χ3v) is 2.75. The largest absolute Gasteiger partial charge is 0.504 e. The normalized spacial score (nSPS) is 8.96. The van der Waals surface area contributed by atoms with Gasteiger partial charge in [-0.2, -0.15) is 0 Å². The van der Waals surface area contributed by atoms with Gasteiger partial charge in [-0.3, -0.25) is 4.79 Å². The number of aliphatic carboxylic acids is 1. The molecule has 0 radical (unpaired) electrons. The number of aromatic hydroxyl groups is 2. The van der Waals surface area contributed by atoms with Crippen molar-refractivity contribution in [3.05, 3.63) is 72.3 Å². The van der Waals surface area contributed by atoms with E-state index in [-0.39, 0.29) is 31.1 Å². The number of aliphatic hydroxyl groups excluding tert-OH is 1. The van der Waals surface area contributed by atoms with E-state index in [1.54, 1.807) is 31.2 Å². The summed E-state index contributed by atoms with van der Waals surface area (Å²) in [6.45, 7) is 4.81. The molecule has 0 aliphatic heterocycles. The zero-order valence-corrected chi connectivity index (χ0v) is 15.0. The molecule has 7 nitrogen and oxygen atoms in total. The first-order valence-electron chi connectivity index (χ1n) is 7.94. The fourth-order valence-corrected chi connectivity index (χ4v) is 1.50. The number of hydrogen-bond donors (Lipinski definition) is 4. The number of carbonyl (C=O) groups excluding carboxylic acids is 1. The Balaban J connectivity index is 0.000000378. The van der Waals surface area contributed by atoms with Crippen LogP contribution < -0.4 is 0 Å². The van der Waals surface area contributed by atoms with E-state index in [1.165, 1.54) is 12.1 Å². The van der Waals surface area contributed by atoms with Crippen molar-refractivity contribution in [2.45, 2.75) is 13.3 Å². The highest BCUT2D eigenvalue weighted by Crippen LogP contribution is 2.21.